The number of phenols is 2. The monoisotopic (exact) mass is 338 g/mol. The first-order valence-electron chi connectivity index (χ1n) is 7.95. The van der Waals surface area contributed by atoms with E-state index in [9.17, 15) is 15.0 Å². The summed E-state index contributed by atoms with van der Waals surface area (Å²) in [6.07, 6.45) is 6.30. The lowest BCUT2D eigenvalue weighted by atomic mass is 10.00. The molecular formula is C21H22O4. The summed E-state index contributed by atoms with van der Waals surface area (Å²) in [7, 11) is 1.35. The van der Waals surface area contributed by atoms with E-state index in [1.54, 1.807) is 30.3 Å². The smallest absolute Gasteiger partial charge is 0.337 e. The van der Waals surface area contributed by atoms with Crippen molar-refractivity contribution < 1.29 is 19.7 Å². The van der Waals surface area contributed by atoms with Gasteiger partial charge in [0, 0.05) is 11.6 Å². The quantitative estimate of drug-likeness (QED) is 0.476. The summed E-state index contributed by atoms with van der Waals surface area (Å²) in [5, 5.41) is 19.9. The molecule has 0 aliphatic carbocycles. The van der Waals surface area contributed by atoms with Gasteiger partial charge < -0.3 is 14.9 Å². The zero-order valence-electron chi connectivity index (χ0n) is 14.6. The van der Waals surface area contributed by atoms with E-state index in [1.807, 2.05) is 32.1 Å². The van der Waals surface area contributed by atoms with Crippen LogP contribution in [0.3, 0.4) is 0 Å². The van der Waals surface area contributed by atoms with Crippen LogP contribution in [-0.2, 0) is 11.2 Å². The molecule has 2 aromatic rings. The summed E-state index contributed by atoms with van der Waals surface area (Å²) in [5.74, 6) is -0.297. The van der Waals surface area contributed by atoms with Crippen molar-refractivity contribution in [2.24, 2.45) is 0 Å². The Bertz CT molecular complexity index is 811. The predicted octanol–water partition coefficient (Wildman–Crippen LogP) is 4.56. The Labute approximate surface area is 147 Å². The number of esters is 1. The number of carbonyl (C=O) groups is 1. The predicted molar refractivity (Wildman–Crippen MR) is 99.6 cm³/mol. The number of phenolic OH excluding ortho intramolecular Hbond substituents is 2. The van der Waals surface area contributed by atoms with E-state index in [1.165, 1.54) is 13.2 Å². The summed E-state index contributed by atoms with van der Waals surface area (Å²) in [4.78, 5) is 11.4. The van der Waals surface area contributed by atoms with Crippen molar-refractivity contribution in [3.63, 3.8) is 0 Å². The van der Waals surface area contributed by atoms with Crippen molar-refractivity contribution in [3.05, 3.63) is 70.3 Å². The lowest BCUT2D eigenvalue weighted by Crippen LogP contribution is -2.00. The first kappa shape index (κ1) is 18.3. The zero-order chi connectivity index (χ0) is 18.4. The zero-order valence-corrected chi connectivity index (χ0v) is 14.6. The summed E-state index contributed by atoms with van der Waals surface area (Å²) in [5.41, 5.74) is 4.02. The number of benzene rings is 2. The molecule has 2 rings (SSSR count). The fourth-order valence-corrected chi connectivity index (χ4v) is 2.37. The van der Waals surface area contributed by atoms with E-state index >= 15 is 0 Å². The SMILES string of the molecule is COC(=O)c1ccc(C=Cc2cc(O)cc(O)c2CC=C(C)C)cc1. The number of aromatic hydroxyl groups is 2. The highest BCUT2D eigenvalue weighted by atomic mass is 16.5. The molecule has 0 spiro atoms. The van der Waals surface area contributed by atoms with Crippen LogP contribution in [0.5, 0.6) is 11.5 Å². The van der Waals surface area contributed by atoms with Crippen molar-refractivity contribution in [2.45, 2.75) is 20.3 Å². The molecule has 130 valence electrons. The summed E-state index contributed by atoms with van der Waals surface area (Å²) in [6.45, 7) is 3.99. The van der Waals surface area contributed by atoms with Crippen molar-refractivity contribution in [3.8, 4) is 11.5 Å². The third kappa shape index (κ3) is 4.98. The van der Waals surface area contributed by atoms with Gasteiger partial charge in [-0.05, 0) is 49.6 Å². The van der Waals surface area contributed by atoms with E-state index in [4.69, 9.17) is 0 Å². The Hall–Kier alpha value is -3.01. The van der Waals surface area contributed by atoms with E-state index < -0.39 is 0 Å². The maximum atomic E-state index is 11.4. The highest BCUT2D eigenvalue weighted by molar-refractivity contribution is 5.89. The van der Waals surface area contributed by atoms with Gasteiger partial charge in [-0.15, -0.1) is 0 Å². The third-order valence-corrected chi connectivity index (χ3v) is 3.75. The van der Waals surface area contributed by atoms with E-state index in [0.717, 1.165) is 22.3 Å². The van der Waals surface area contributed by atoms with Crippen LogP contribution in [0.2, 0.25) is 0 Å². The highest BCUT2D eigenvalue weighted by Crippen LogP contribution is 2.29. The Morgan fingerprint density at radius 3 is 2.36 bits per heavy atom. The maximum Gasteiger partial charge on any atom is 0.337 e. The molecule has 0 unspecified atom stereocenters. The molecule has 0 bridgehead atoms. The molecule has 0 saturated carbocycles. The Morgan fingerprint density at radius 2 is 1.76 bits per heavy atom. The number of rotatable bonds is 5. The lowest BCUT2D eigenvalue weighted by molar-refractivity contribution is 0.0600. The minimum Gasteiger partial charge on any atom is -0.508 e. The number of allylic oxidation sites excluding steroid dienone is 2. The molecule has 0 fully saturated rings. The number of ether oxygens (including phenoxy) is 1. The standard InChI is InChI=1S/C21H22O4/c1-14(2)4-11-19-17(12-18(22)13-20(19)23)10-7-15-5-8-16(9-6-15)21(24)25-3/h4-10,12-13,22-23H,11H2,1-3H3. The topological polar surface area (TPSA) is 66.8 Å². The van der Waals surface area contributed by atoms with Crippen LogP contribution < -0.4 is 0 Å². The minimum absolute atomic E-state index is 0.0131. The van der Waals surface area contributed by atoms with E-state index in [2.05, 4.69) is 4.74 Å². The van der Waals surface area contributed by atoms with E-state index in [0.29, 0.717) is 12.0 Å². The molecule has 0 aromatic heterocycles. The minimum atomic E-state index is -0.377. The molecule has 0 radical (unpaired) electrons. The van der Waals surface area contributed by atoms with Crippen molar-refractivity contribution in [2.75, 3.05) is 7.11 Å². The van der Waals surface area contributed by atoms with Crippen LogP contribution in [0, 0.1) is 0 Å². The van der Waals surface area contributed by atoms with Gasteiger partial charge in [-0.2, -0.15) is 0 Å². The Morgan fingerprint density at radius 1 is 1.08 bits per heavy atom. The molecule has 25 heavy (non-hydrogen) atoms. The van der Waals surface area contributed by atoms with Crippen LogP contribution in [0.4, 0.5) is 0 Å². The number of methoxy groups -OCH3 is 1. The average Bonchev–Trinajstić information content (AvgIpc) is 2.58. The van der Waals surface area contributed by atoms with Crippen LogP contribution in [0.15, 0.2) is 48.0 Å². The molecule has 0 aliphatic heterocycles. The van der Waals surface area contributed by atoms with Crippen LogP contribution in [0.1, 0.15) is 40.9 Å². The fraction of sp³-hybridized carbons (Fsp3) is 0.190. The molecule has 0 amide bonds. The van der Waals surface area contributed by atoms with Gasteiger partial charge in [-0.1, -0.05) is 35.9 Å². The summed E-state index contributed by atoms with van der Waals surface area (Å²) < 4.78 is 4.68. The second kappa shape index (κ2) is 8.20. The summed E-state index contributed by atoms with van der Waals surface area (Å²) >= 11 is 0. The van der Waals surface area contributed by atoms with Gasteiger partial charge in [0.15, 0.2) is 0 Å². The second-order valence-electron chi connectivity index (χ2n) is 5.97. The molecule has 2 aromatic carbocycles. The fourth-order valence-electron chi connectivity index (χ4n) is 2.37. The van der Waals surface area contributed by atoms with Crippen molar-refractivity contribution in [1.29, 1.82) is 0 Å². The molecule has 0 aliphatic rings. The van der Waals surface area contributed by atoms with Gasteiger partial charge in [-0.3, -0.25) is 0 Å². The number of hydrogen-bond donors (Lipinski definition) is 2. The highest BCUT2D eigenvalue weighted by Gasteiger charge is 2.08. The van der Waals surface area contributed by atoms with Crippen LogP contribution >= 0.6 is 0 Å². The summed E-state index contributed by atoms with van der Waals surface area (Å²) in [6, 6.07) is 9.96. The average molecular weight is 338 g/mol. The molecule has 4 nitrogen and oxygen atoms in total. The molecule has 4 heteroatoms. The van der Waals surface area contributed by atoms with E-state index in [-0.39, 0.29) is 17.5 Å². The molecular weight excluding hydrogens is 316 g/mol. The molecule has 2 N–H and O–H groups in total. The Kier molecular flexibility index (Phi) is 6.01. The van der Waals surface area contributed by atoms with Gasteiger partial charge in [0.05, 0.1) is 12.7 Å². The Balaban J connectivity index is 2.30. The van der Waals surface area contributed by atoms with Crippen LogP contribution in [0.25, 0.3) is 12.2 Å². The molecule has 0 heterocycles. The van der Waals surface area contributed by atoms with Gasteiger partial charge in [-0.25, -0.2) is 4.79 Å². The first-order chi connectivity index (χ1) is 11.9. The number of carbonyl (C=O) groups excluding carboxylic acids is 1. The number of hydrogen-bond acceptors (Lipinski definition) is 4. The largest absolute Gasteiger partial charge is 0.508 e. The molecule has 0 atom stereocenters. The first-order valence-corrected chi connectivity index (χ1v) is 7.95. The van der Waals surface area contributed by atoms with Crippen LogP contribution in [-0.4, -0.2) is 23.3 Å². The third-order valence-electron chi connectivity index (χ3n) is 3.75. The maximum absolute atomic E-state index is 11.4. The van der Waals surface area contributed by atoms with Gasteiger partial charge >= 0.3 is 5.97 Å². The normalized spacial score (nSPS) is 10.7. The van der Waals surface area contributed by atoms with Crippen molar-refractivity contribution in [1.82, 2.24) is 0 Å². The lowest BCUT2D eigenvalue weighted by Gasteiger charge is -2.08. The second-order valence-corrected chi connectivity index (χ2v) is 5.97. The van der Waals surface area contributed by atoms with Gasteiger partial charge in [0.25, 0.3) is 0 Å². The van der Waals surface area contributed by atoms with Crippen molar-refractivity contribution >= 4 is 18.1 Å². The van der Waals surface area contributed by atoms with Gasteiger partial charge in [0.2, 0.25) is 0 Å². The van der Waals surface area contributed by atoms with Gasteiger partial charge in [0.1, 0.15) is 11.5 Å². The molecule has 0 saturated heterocycles.